The van der Waals surface area contributed by atoms with Gasteiger partial charge in [-0.25, -0.2) is 0 Å². The second-order valence-electron chi connectivity index (χ2n) is 7.25. The number of fused-ring (bicyclic) bond motifs is 1. The molecule has 1 atom stereocenters. The van der Waals surface area contributed by atoms with E-state index in [1.807, 2.05) is 18.2 Å². The molecule has 0 saturated heterocycles. The summed E-state index contributed by atoms with van der Waals surface area (Å²) in [4.78, 5) is 2.36. The molecular weight excluding hydrogens is 326 g/mol. The van der Waals surface area contributed by atoms with Gasteiger partial charge in [0.1, 0.15) is 5.75 Å². The van der Waals surface area contributed by atoms with Crippen LogP contribution in [-0.4, -0.2) is 37.9 Å². The average Bonchev–Trinajstić information content (AvgIpc) is 2.47. The summed E-state index contributed by atoms with van der Waals surface area (Å²) in [6.07, 6.45) is 4.11. The molecule has 1 heterocycles. The molecule has 0 spiro atoms. The predicted molar refractivity (Wildman–Crippen MR) is 97.7 cm³/mol. The van der Waals surface area contributed by atoms with Crippen molar-refractivity contribution in [3.05, 3.63) is 23.8 Å². The molecule has 24 heavy (non-hydrogen) atoms. The van der Waals surface area contributed by atoms with Gasteiger partial charge in [0.25, 0.3) is 10.1 Å². The smallest absolute Gasteiger partial charge is 0.265 e. The molecule has 0 bridgehead atoms. The van der Waals surface area contributed by atoms with Gasteiger partial charge in [0, 0.05) is 29.8 Å². The number of methoxy groups -OCH3 is 1. The summed E-state index contributed by atoms with van der Waals surface area (Å²) in [6.45, 7) is 7.39. The van der Waals surface area contributed by atoms with Crippen molar-refractivity contribution in [3.63, 3.8) is 0 Å². The highest BCUT2D eigenvalue weighted by Gasteiger charge is 2.39. The van der Waals surface area contributed by atoms with E-state index in [9.17, 15) is 13.0 Å². The lowest BCUT2D eigenvalue weighted by Gasteiger charge is -2.48. The predicted octanol–water partition coefficient (Wildman–Crippen LogP) is 3.85. The van der Waals surface area contributed by atoms with Crippen LogP contribution in [0, 0.1) is 0 Å². The van der Waals surface area contributed by atoms with E-state index >= 15 is 0 Å². The Morgan fingerprint density at radius 1 is 1.33 bits per heavy atom. The molecule has 136 valence electrons. The lowest BCUT2D eigenvalue weighted by molar-refractivity contribution is 0.366. The largest absolute Gasteiger partial charge is 0.497 e. The summed E-state index contributed by atoms with van der Waals surface area (Å²) in [5, 5.41) is 0. The topological polar surface area (TPSA) is 66.8 Å². The van der Waals surface area contributed by atoms with E-state index in [2.05, 4.69) is 25.7 Å². The molecule has 1 aromatic carbocycles. The lowest BCUT2D eigenvalue weighted by Crippen LogP contribution is -2.49. The van der Waals surface area contributed by atoms with Crippen molar-refractivity contribution in [2.75, 3.05) is 24.3 Å². The van der Waals surface area contributed by atoms with Crippen LogP contribution in [0.1, 0.15) is 57.9 Å². The van der Waals surface area contributed by atoms with Gasteiger partial charge in [-0.2, -0.15) is 8.42 Å². The van der Waals surface area contributed by atoms with Crippen molar-refractivity contribution in [1.29, 1.82) is 0 Å². The minimum Gasteiger partial charge on any atom is -0.497 e. The minimum atomic E-state index is -4.02. The van der Waals surface area contributed by atoms with E-state index in [1.54, 1.807) is 7.11 Å². The first kappa shape index (κ1) is 19.1. The molecule has 1 aliphatic rings. The highest BCUT2D eigenvalue weighted by molar-refractivity contribution is 7.85. The Kier molecular flexibility index (Phi) is 5.81. The van der Waals surface area contributed by atoms with Crippen molar-refractivity contribution in [2.24, 2.45) is 0 Å². The van der Waals surface area contributed by atoms with Gasteiger partial charge in [-0.05, 0) is 38.3 Å². The standard InChI is InChI=1S/C18H29NO4S/c1-5-6-7-10-19-17-11-15(23-4)8-9-16(17)14(12-18(19,2)3)13-24(20,21)22/h8-9,11,14H,5-7,10,12-13H2,1-4H3,(H,20,21,22). The summed E-state index contributed by atoms with van der Waals surface area (Å²) in [5.74, 6) is 0.314. The monoisotopic (exact) mass is 355 g/mol. The number of benzene rings is 1. The normalized spacial score (nSPS) is 19.9. The summed E-state index contributed by atoms with van der Waals surface area (Å²) in [5.41, 5.74) is 1.82. The molecule has 0 aliphatic carbocycles. The second-order valence-corrected chi connectivity index (χ2v) is 8.74. The molecular formula is C18H29NO4S. The van der Waals surface area contributed by atoms with E-state index in [0.29, 0.717) is 6.42 Å². The Balaban J connectivity index is 2.44. The number of hydrogen-bond acceptors (Lipinski definition) is 4. The Labute approximate surface area is 145 Å². The maximum atomic E-state index is 11.5. The van der Waals surface area contributed by atoms with Crippen molar-refractivity contribution < 1.29 is 17.7 Å². The third-order valence-corrected chi connectivity index (χ3v) is 5.67. The van der Waals surface area contributed by atoms with Gasteiger partial charge in [0.05, 0.1) is 12.9 Å². The van der Waals surface area contributed by atoms with Gasteiger partial charge in [0.15, 0.2) is 0 Å². The maximum Gasteiger partial charge on any atom is 0.265 e. The number of rotatable bonds is 7. The Morgan fingerprint density at radius 3 is 2.62 bits per heavy atom. The molecule has 1 aliphatic heterocycles. The van der Waals surface area contributed by atoms with Crippen LogP contribution in [0.3, 0.4) is 0 Å². The fraction of sp³-hybridized carbons (Fsp3) is 0.667. The van der Waals surface area contributed by atoms with Crippen molar-refractivity contribution >= 4 is 15.8 Å². The number of ether oxygens (including phenoxy) is 1. The quantitative estimate of drug-likeness (QED) is 0.594. The first-order valence-electron chi connectivity index (χ1n) is 8.58. The van der Waals surface area contributed by atoms with Crippen LogP contribution >= 0.6 is 0 Å². The van der Waals surface area contributed by atoms with Crippen LogP contribution in [0.25, 0.3) is 0 Å². The van der Waals surface area contributed by atoms with Gasteiger partial charge in [-0.15, -0.1) is 0 Å². The third kappa shape index (κ3) is 4.42. The summed E-state index contributed by atoms with van der Waals surface area (Å²) in [7, 11) is -2.39. The molecule has 0 radical (unpaired) electrons. The molecule has 0 saturated carbocycles. The van der Waals surface area contributed by atoms with E-state index in [-0.39, 0.29) is 17.2 Å². The molecule has 0 aromatic heterocycles. The number of anilines is 1. The third-order valence-electron chi connectivity index (χ3n) is 4.84. The van der Waals surface area contributed by atoms with E-state index in [4.69, 9.17) is 4.74 Å². The first-order chi connectivity index (χ1) is 11.2. The van der Waals surface area contributed by atoms with Crippen LogP contribution in [-0.2, 0) is 10.1 Å². The van der Waals surface area contributed by atoms with Gasteiger partial charge in [-0.3, -0.25) is 4.55 Å². The average molecular weight is 356 g/mol. The minimum absolute atomic E-state index is 0.178. The van der Waals surface area contributed by atoms with Gasteiger partial charge < -0.3 is 9.64 Å². The maximum absolute atomic E-state index is 11.5. The van der Waals surface area contributed by atoms with Crippen LogP contribution in [0.5, 0.6) is 5.75 Å². The number of nitrogens with zero attached hydrogens (tertiary/aromatic N) is 1. The Hall–Kier alpha value is -1.27. The SMILES string of the molecule is CCCCCN1c2cc(OC)ccc2C(CS(=O)(=O)O)CC1(C)C. The highest BCUT2D eigenvalue weighted by Crippen LogP contribution is 2.45. The summed E-state index contributed by atoms with van der Waals surface area (Å²) in [6, 6.07) is 5.78. The molecule has 5 nitrogen and oxygen atoms in total. The summed E-state index contributed by atoms with van der Waals surface area (Å²) < 4.78 is 37.6. The van der Waals surface area contributed by atoms with Gasteiger partial charge >= 0.3 is 0 Å². The number of unbranched alkanes of at least 4 members (excludes halogenated alkanes) is 2. The van der Waals surface area contributed by atoms with Crippen LogP contribution in [0.4, 0.5) is 5.69 Å². The van der Waals surface area contributed by atoms with E-state index in [0.717, 1.165) is 36.4 Å². The molecule has 0 amide bonds. The fourth-order valence-corrected chi connectivity index (χ4v) is 4.53. The first-order valence-corrected chi connectivity index (χ1v) is 10.2. The zero-order valence-corrected chi connectivity index (χ0v) is 15.9. The second kappa shape index (κ2) is 7.31. The fourth-order valence-electron chi connectivity index (χ4n) is 3.72. The lowest BCUT2D eigenvalue weighted by atomic mass is 9.79. The van der Waals surface area contributed by atoms with E-state index < -0.39 is 10.1 Å². The molecule has 2 rings (SSSR count). The highest BCUT2D eigenvalue weighted by atomic mass is 32.2. The van der Waals surface area contributed by atoms with Gasteiger partial charge in [0.2, 0.25) is 0 Å². The molecule has 6 heteroatoms. The van der Waals surface area contributed by atoms with Crippen molar-refractivity contribution in [3.8, 4) is 5.75 Å². The zero-order chi connectivity index (χ0) is 18.0. The molecule has 1 aromatic rings. The van der Waals surface area contributed by atoms with Crippen LogP contribution in [0.15, 0.2) is 18.2 Å². The van der Waals surface area contributed by atoms with E-state index in [1.165, 1.54) is 6.42 Å². The van der Waals surface area contributed by atoms with Gasteiger partial charge in [-0.1, -0.05) is 25.8 Å². The van der Waals surface area contributed by atoms with Crippen molar-refractivity contribution in [1.82, 2.24) is 0 Å². The Bertz CT molecular complexity index is 670. The number of hydrogen-bond donors (Lipinski definition) is 1. The summed E-state index contributed by atoms with van der Waals surface area (Å²) >= 11 is 0. The Morgan fingerprint density at radius 2 is 2.04 bits per heavy atom. The molecule has 1 unspecified atom stereocenters. The molecule has 0 fully saturated rings. The van der Waals surface area contributed by atoms with Crippen LogP contribution in [0.2, 0.25) is 0 Å². The molecule has 1 N–H and O–H groups in total. The van der Waals surface area contributed by atoms with Crippen LogP contribution < -0.4 is 9.64 Å². The van der Waals surface area contributed by atoms with Crippen molar-refractivity contribution in [2.45, 2.75) is 57.9 Å². The zero-order valence-electron chi connectivity index (χ0n) is 15.1.